The van der Waals surface area contributed by atoms with Crippen LogP contribution < -0.4 is 0 Å². The van der Waals surface area contributed by atoms with E-state index in [2.05, 4.69) is 15.5 Å². The molecule has 1 heterocycles. The Morgan fingerprint density at radius 3 is 3.08 bits per heavy atom. The summed E-state index contributed by atoms with van der Waals surface area (Å²) in [6.45, 7) is 2.91. The van der Waals surface area contributed by atoms with E-state index in [1.807, 2.05) is 6.92 Å². The Hall–Kier alpha value is -1.01. The first-order chi connectivity index (χ1) is 5.83. The molecule has 0 amide bonds. The zero-order chi connectivity index (χ0) is 8.81. The van der Waals surface area contributed by atoms with E-state index in [4.69, 9.17) is 9.84 Å². The molecule has 0 bridgehead atoms. The van der Waals surface area contributed by atoms with Gasteiger partial charge in [0.15, 0.2) is 6.29 Å². The first-order valence-corrected chi connectivity index (χ1v) is 3.83. The maximum atomic E-state index is 9.14. The lowest BCUT2D eigenvalue weighted by atomic mass is 10.4. The molecule has 68 valence electrons. The SMILES string of the molecule is CCOC(O)CCn1cnnn1. The molecule has 1 aromatic heterocycles. The number of nitrogens with zero attached hydrogens (tertiary/aromatic N) is 4. The molecule has 0 radical (unpaired) electrons. The Balaban J connectivity index is 2.17. The van der Waals surface area contributed by atoms with Crippen LogP contribution in [-0.4, -0.2) is 38.2 Å². The predicted molar refractivity (Wildman–Crippen MR) is 40.1 cm³/mol. The third kappa shape index (κ3) is 2.93. The van der Waals surface area contributed by atoms with Crippen molar-refractivity contribution in [3.05, 3.63) is 6.33 Å². The van der Waals surface area contributed by atoms with Crippen LogP contribution >= 0.6 is 0 Å². The summed E-state index contributed by atoms with van der Waals surface area (Å²) in [6, 6.07) is 0. The van der Waals surface area contributed by atoms with Crippen molar-refractivity contribution in [2.75, 3.05) is 6.61 Å². The molecule has 0 saturated carbocycles. The highest BCUT2D eigenvalue weighted by atomic mass is 16.6. The van der Waals surface area contributed by atoms with Crippen molar-refractivity contribution in [2.45, 2.75) is 26.2 Å². The van der Waals surface area contributed by atoms with E-state index in [9.17, 15) is 0 Å². The second kappa shape index (κ2) is 4.78. The summed E-state index contributed by atoms with van der Waals surface area (Å²) in [5.41, 5.74) is 0. The molecule has 6 heteroatoms. The van der Waals surface area contributed by atoms with Crippen LogP contribution in [0.3, 0.4) is 0 Å². The van der Waals surface area contributed by atoms with E-state index in [1.54, 1.807) is 4.68 Å². The lowest BCUT2D eigenvalue weighted by Crippen LogP contribution is -2.15. The van der Waals surface area contributed by atoms with Crippen LogP contribution in [0.1, 0.15) is 13.3 Å². The summed E-state index contributed by atoms with van der Waals surface area (Å²) in [5, 5.41) is 19.7. The van der Waals surface area contributed by atoms with Gasteiger partial charge in [0.25, 0.3) is 0 Å². The number of hydrogen-bond acceptors (Lipinski definition) is 5. The average molecular weight is 172 g/mol. The highest BCUT2D eigenvalue weighted by molar-refractivity contribution is 4.48. The third-order valence-corrected chi connectivity index (χ3v) is 1.36. The van der Waals surface area contributed by atoms with E-state index < -0.39 is 6.29 Å². The lowest BCUT2D eigenvalue weighted by molar-refractivity contribution is -0.101. The molecule has 0 fully saturated rings. The van der Waals surface area contributed by atoms with Gasteiger partial charge in [0.1, 0.15) is 6.33 Å². The number of hydrogen-bond donors (Lipinski definition) is 1. The Morgan fingerprint density at radius 1 is 1.67 bits per heavy atom. The van der Waals surface area contributed by atoms with Crippen LogP contribution in [0, 0.1) is 0 Å². The van der Waals surface area contributed by atoms with Gasteiger partial charge < -0.3 is 9.84 Å². The molecule has 0 spiro atoms. The molecule has 1 atom stereocenters. The highest BCUT2D eigenvalue weighted by Crippen LogP contribution is 1.95. The van der Waals surface area contributed by atoms with Crippen molar-refractivity contribution in [1.82, 2.24) is 20.2 Å². The Kier molecular flexibility index (Phi) is 3.62. The van der Waals surface area contributed by atoms with Crippen LogP contribution in [0.25, 0.3) is 0 Å². The number of aliphatic hydroxyl groups excluding tert-OH is 1. The predicted octanol–water partition coefficient (Wildman–Crippen LogP) is -0.582. The van der Waals surface area contributed by atoms with Gasteiger partial charge in [-0.1, -0.05) is 0 Å². The number of aromatic nitrogens is 4. The van der Waals surface area contributed by atoms with Gasteiger partial charge in [0.2, 0.25) is 0 Å². The number of ether oxygens (including phenoxy) is 1. The molecule has 1 N–H and O–H groups in total. The molecule has 0 aliphatic heterocycles. The van der Waals surface area contributed by atoms with Crippen LogP contribution in [0.5, 0.6) is 0 Å². The van der Waals surface area contributed by atoms with Gasteiger partial charge in [-0.2, -0.15) is 0 Å². The largest absolute Gasteiger partial charge is 0.368 e. The van der Waals surface area contributed by atoms with Crippen molar-refractivity contribution in [3.8, 4) is 0 Å². The van der Waals surface area contributed by atoms with Gasteiger partial charge in [-0.3, -0.25) is 0 Å². The number of aryl methyl sites for hydroxylation is 1. The minimum Gasteiger partial charge on any atom is -0.368 e. The van der Waals surface area contributed by atoms with Gasteiger partial charge in [-0.25, -0.2) is 4.68 Å². The normalized spacial score (nSPS) is 13.2. The standard InChI is InChI=1S/C6H12N4O2/c1-2-12-6(11)3-4-10-5-7-8-9-10/h5-6,11H,2-4H2,1H3. The van der Waals surface area contributed by atoms with E-state index in [0.29, 0.717) is 19.6 Å². The summed E-state index contributed by atoms with van der Waals surface area (Å²) in [6.07, 6.45) is 1.27. The van der Waals surface area contributed by atoms with Crippen molar-refractivity contribution in [1.29, 1.82) is 0 Å². The van der Waals surface area contributed by atoms with Crippen LogP contribution in [0.15, 0.2) is 6.33 Å². The Labute approximate surface area is 70.1 Å². The minimum atomic E-state index is -0.723. The van der Waals surface area contributed by atoms with E-state index >= 15 is 0 Å². The lowest BCUT2D eigenvalue weighted by Gasteiger charge is -2.08. The van der Waals surface area contributed by atoms with E-state index in [0.717, 1.165) is 0 Å². The zero-order valence-corrected chi connectivity index (χ0v) is 6.92. The maximum absolute atomic E-state index is 9.14. The first kappa shape index (κ1) is 9.08. The minimum absolute atomic E-state index is 0.499. The first-order valence-electron chi connectivity index (χ1n) is 3.83. The summed E-state index contributed by atoms with van der Waals surface area (Å²) in [4.78, 5) is 0. The fourth-order valence-corrected chi connectivity index (χ4v) is 0.801. The van der Waals surface area contributed by atoms with Gasteiger partial charge in [0.05, 0.1) is 0 Å². The second-order valence-corrected chi connectivity index (χ2v) is 2.27. The molecule has 0 saturated heterocycles. The highest BCUT2D eigenvalue weighted by Gasteiger charge is 2.02. The quantitative estimate of drug-likeness (QED) is 0.601. The zero-order valence-electron chi connectivity index (χ0n) is 6.92. The van der Waals surface area contributed by atoms with Crippen molar-refractivity contribution >= 4 is 0 Å². The molecular formula is C6H12N4O2. The summed E-state index contributed by atoms with van der Waals surface area (Å²) in [7, 11) is 0. The number of aliphatic hydroxyl groups is 1. The number of rotatable bonds is 5. The van der Waals surface area contributed by atoms with Gasteiger partial charge >= 0.3 is 0 Å². The molecule has 1 unspecified atom stereocenters. The Bertz CT molecular complexity index is 201. The molecule has 0 aromatic carbocycles. The molecule has 12 heavy (non-hydrogen) atoms. The monoisotopic (exact) mass is 172 g/mol. The maximum Gasteiger partial charge on any atom is 0.156 e. The van der Waals surface area contributed by atoms with Crippen molar-refractivity contribution in [3.63, 3.8) is 0 Å². The molecule has 1 aromatic rings. The molecule has 0 aliphatic carbocycles. The third-order valence-electron chi connectivity index (χ3n) is 1.36. The topological polar surface area (TPSA) is 73.1 Å². The van der Waals surface area contributed by atoms with E-state index in [-0.39, 0.29) is 0 Å². The van der Waals surface area contributed by atoms with Crippen LogP contribution in [0.4, 0.5) is 0 Å². The molecule has 6 nitrogen and oxygen atoms in total. The smallest absolute Gasteiger partial charge is 0.156 e. The summed E-state index contributed by atoms with van der Waals surface area (Å²) in [5.74, 6) is 0. The summed E-state index contributed by atoms with van der Waals surface area (Å²) < 4.78 is 6.46. The van der Waals surface area contributed by atoms with Gasteiger partial charge in [-0.15, -0.1) is 5.10 Å². The second-order valence-electron chi connectivity index (χ2n) is 2.27. The van der Waals surface area contributed by atoms with Crippen molar-refractivity contribution < 1.29 is 9.84 Å². The summed E-state index contributed by atoms with van der Waals surface area (Å²) >= 11 is 0. The molecular weight excluding hydrogens is 160 g/mol. The fraction of sp³-hybridized carbons (Fsp3) is 0.833. The van der Waals surface area contributed by atoms with Crippen LogP contribution in [0.2, 0.25) is 0 Å². The van der Waals surface area contributed by atoms with Gasteiger partial charge in [0, 0.05) is 19.6 Å². The van der Waals surface area contributed by atoms with E-state index in [1.165, 1.54) is 6.33 Å². The van der Waals surface area contributed by atoms with Gasteiger partial charge in [-0.05, 0) is 17.4 Å². The van der Waals surface area contributed by atoms with Crippen molar-refractivity contribution in [2.24, 2.45) is 0 Å². The molecule has 0 aliphatic rings. The number of tetrazole rings is 1. The average Bonchev–Trinajstić information content (AvgIpc) is 2.53. The van der Waals surface area contributed by atoms with Crippen LogP contribution in [-0.2, 0) is 11.3 Å². The molecule has 1 rings (SSSR count). The Morgan fingerprint density at radius 2 is 2.50 bits per heavy atom. The fourth-order valence-electron chi connectivity index (χ4n) is 0.801.